The molecule has 0 aliphatic carbocycles. The first-order valence-electron chi connectivity index (χ1n) is 6.60. The Morgan fingerprint density at radius 3 is 2.63 bits per heavy atom. The molecule has 0 N–H and O–H groups in total. The van der Waals surface area contributed by atoms with Gasteiger partial charge < -0.3 is 4.74 Å². The highest BCUT2D eigenvalue weighted by molar-refractivity contribution is 6.15. The van der Waals surface area contributed by atoms with Gasteiger partial charge >= 0.3 is 0 Å². The van der Waals surface area contributed by atoms with E-state index in [1.165, 1.54) is 11.1 Å². The molecule has 19 heavy (non-hydrogen) atoms. The first-order valence-corrected chi connectivity index (χ1v) is 6.60. The summed E-state index contributed by atoms with van der Waals surface area (Å²) in [4.78, 5) is 4.72. The third-order valence-electron chi connectivity index (χ3n) is 3.35. The minimum Gasteiger partial charge on any atom is -0.491 e. The molecule has 0 amide bonds. The summed E-state index contributed by atoms with van der Waals surface area (Å²) in [6.07, 6.45) is 0. The lowest BCUT2D eigenvalue weighted by molar-refractivity contribution is 0.331. The number of rotatable bonds is 1. The summed E-state index contributed by atoms with van der Waals surface area (Å²) in [6, 6.07) is 14.6. The molecule has 1 aliphatic heterocycles. The van der Waals surface area contributed by atoms with E-state index >= 15 is 0 Å². The van der Waals surface area contributed by atoms with Gasteiger partial charge in [0, 0.05) is 11.1 Å². The Morgan fingerprint density at radius 2 is 1.84 bits per heavy atom. The highest BCUT2D eigenvalue weighted by atomic mass is 16.5. The maximum absolute atomic E-state index is 5.85. The predicted octanol–water partition coefficient (Wildman–Crippen LogP) is 3.53. The molecule has 0 bridgehead atoms. The van der Waals surface area contributed by atoms with Crippen molar-refractivity contribution in [1.82, 2.24) is 0 Å². The fraction of sp³-hybridized carbons (Fsp3) is 0.235. The summed E-state index contributed by atoms with van der Waals surface area (Å²) < 4.78 is 5.85. The molecule has 3 rings (SSSR count). The van der Waals surface area contributed by atoms with Crippen LogP contribution in [-0.2, 0) is 0 Å². The molecular weight excluding hydrogens is 234 g/mol. The van der Waals surface area contributed by atoms with E-state index in [0.29, 0.717) is 13.2 Å². The second-order valence-corrected chi connectivity index (χ2v) is 4.90. The van der Waals surface area contributed by atoms with Crippen molar-refractivity contribution in [2.24, 2.45) is 4.99 Å². The molecule has 0 aromatic heterocycles. The van der Waals surface area contributed by atoms with Crippen LogP contribution in [0.2, 0.25) is 0 Å². The molecule has 1 heterocycles. The van der Waals surface area contributed by atoms with Crippen molar-refractivity contribution >= 4 is 5.71 Å². The quantitative estimate of drug-likeness (QED) is 0.759. The lowest BCUT2D eigenvalue weighted by Crippen LogP contribution is -2.06. The Hall–Kier alpha value is -2.09. The van der Waals surface area contributed by atoms with Gasteiger partial charge in [0.15, 0.2) is 0 Å². The summed E-state index contributed by atoms with van der Waals surface area (Å²) in [5.41, 5.74) is 5.78. The van der Waals surface area contributed by atoms with Crippen molar-refractivity contribution in [1.29, 1.82) is 0 Å². The molecule has 2 heteroatoms. The van der Waals surface area contributed by atoms with Gasteiger partial charge in [-0.05, 0) is 31.0 Å². The average molecular weight is 251 g/mol. The normalized spacial score (nSPS) is 14.1. The first-order chi connectivity index (χ1) is 9.25. The van der Waals surface area contributed by atoms with E-state index < -0.39 is 0 Å². The molecule has 2 aromatic rings. The number of benzene rings is 2. The summed E-state index contributed by atoms with van der Waals surface area (Å²) in [5.74, 6) is 0.956. The van der Waals surface area contributed by atoms with E-state index in [-0.39, 0.29) is 0 Å². The van der Waals surface area contributed by atoms with Gasteiger partial charge in [-0.15, -0.1) is 0 Å². The molecule has 0 atom stereocenters. The molecule has 96 valence electrons. The van der Waals surface area contributed by atoms with Crippen molar-refractivity contribution in [3.05, 3.63) is 64.7 Å². The number of fused-ring (bicyclic) bond motifs is 1. The van der Waals surface area contributed by atoms with E-state index in [1.807, 2.05) is 18.2 Å². The Bertz CT molecular complexity index is 629. The fourth-order valence-corrected chi connectivity index (χ4v) is 2.57. The molecule has 0 unspecified atom stereocenters. The van der Waals surface area contributed by atoms with Gasteiger partial charge in [0.05, 0.1) is 12.3 Å². The van der Waals surface area contributed by atoms with E-state index in [4.69, 9.17) is 9.73 Å². The number of aliphatic imine (C=N–C) groups is 1. The van der Waals surface area contributed by atoms with Crippen LogP contribution in [0, 0.1) is 13.8 Å². The molecule has 0 saturated heterocycles. The van der Waals surface area contributed by atoms with Crippen LogP contribution in [0.1, 0.15) is 22.3 Å². The molecule has 1 aliphatic rings. The second-order valence-electron chi connectivity index (χ2n) is 4.90. The average Bonchev–Trinajstić information content (AvgIpc) is 2.62. The van der Waals surface area contributed by atoms with Gasteiger partial charge in [-0.3, -0.25) is 4.99 Å². The van der Waals surface area contributed by atoms with Crippen LogP contribution in [0.25, 0.3) is 0 Å². The van der Waals surface area contributed by atoms with Gasteiger partial charge in [-0.1, -0.05) is 36.4 Å². The van der Waals surface area contributed by atoms with Gasteiger partial charge in [0.1, 0.15) is 12.4 Å². The zero-order chi connectivity index (χ0) is 13.2. The van der Waals surface area contributed by atoms with Crippen LogP contribution in [0.5, 0.6) is 5.75 Å². The standard InChI is InChI=1S/C17H17NO/c1-12-10-13(2)16-15(11-12)19-9-8-18-17(16)14-6-4-3-5-7-14/h3-7,10-11H,8-9H2,1-2H3. The highest BCUT2D eigenvalue weighted by Gasteiger charge is 2.18. The lowest BCUT2D eigenvalue weighted by atomic mass is 9.95. The topological polar surface area (TPSA) is 21.6 Å². The smallest absolute Gasteiger partial charge is 0.129 e. The Labute approximate surface area is 113 Å². The lowest BCUT2D eigenvalue weighted by Gasteiger charge is -2.14. The Morgan fingerprint density at radius 1 is 1.05 bits per heavy atom. The Balaban J connectivity index is 2.21. The highest BCUT2D eigenvalue weighted by Crippen LogP contribution is 2.29. The predicted molar refractivity (Wildman–Crippen MR) is 78.4 cm³/mol. The minimum absolute atomic E-state index is 0.645. The van der Waals surface area contributed by atoms with Crippen LogP contribution in [0.3, 0.4) is 0 Å². The minimum atomic E-state index is 0.645. The SMILES string of the molecule is Cc1cc(C)c2c(c1)OCCN=C2c1ccccc1. The number of hydrogen-bond donors (Lipinski definition) is 0. The molecule has 2 nitrogen and oxygen atoms in total. The third kappa shape index (κ3) is 2.26. The maximum atomic E-state index is 5.85. The first kappa shape index (κ1) is 12.0. The molecule has 2 aromatic carbocycles. The zero-order valence-corrected chi connectivity index (χ0v) is 11.3. The van der Waals surface area contributed by atoms with Crippen molar-refractivity contribution in [3.8, 4) is 5.75 Å². The van der Waals surface area contributed by atoms with Crippen molar-refractivity contribution in [2.45, 2.75) is 13.8 Å². The van der Waals surface area contributed by atoms with Gasteiger partial charge in [0.2, 0.25) is 0 Å². The van der Waals surface area contributed by atoms with Crippen molar-refractivity contribution in [2.75, 3.05) is 13.2 Å². The second kappa shape index (κ2) is 4.88. The fourth-order valence-electron chi connectivity index (χ4n) is 2.57. The summed E-state index contributed by atoms with van der Waals surface area (Å²) in [7, 11) is 0. The largest absolute Gasteiger partial charge is 0.491 e. The molecular formula is C17H17NO. The van der Waals surface area contributed by atoms with Crippen molar-refractivity contribution < 1.29 is 4.74 Å². The van der Waals surface area contributed by atoms with Crippen LogP contribution >= 0.6 is 0 Å². The number of ether oxygens (including phenoxy) is 1. The number of nitrogens with zero attached hydrogens (tertiary/aromatic N) is 1. The molecule has 0 spiro atoms. The van der Waals surface area contributed by atoms with Gasteiger partial charge in [-0.25, -0.2) is 0 Å². The molecule has 0 fully saturated rings. The van der Waals surface area contributed by atoms with Crippen molar-refractivity contribution in [3.63, 3.8) is 0 Å². The summed E-state index contributed by atoms with van der Waals surface area (Å²) in [5, 5.41) is 0. The van der Waals surface area contributed by atoms with Crippen LogP contribution < -0.4 is 4.74 Å². The van der Waals surface area contributed by atoms with Crippen LogP contribution in [-0.4, -0.2) is 18.9 Å². The molecule has 0 saturated carbocycles. The van der Waals surface area contributed by atoms with Crippen LogP contribution in [0.4, 0.5) is 0 Å². The van der Waals surface area contributed by atoms with E-state index in [1.54, 1.807) is 0 Å². The third-order valence-corrected chi connectivity index (χ3v) is 3.35. The summed E-state index contributed by atoms with van der Waals surface area (Å²) >= 11 is 0. The summed E-state index contributed by atoms with van der Waals surface area (Å²) in [6.45, 7) is 5.57. The number of aryl methyl sites for hydroxylation is 2. The van der Waals surface area contributed by atoms with E-state index in [9.17, 15) is 0 Å². The molecule has 0 radical (unpaired) electrons. The van der Waals surface area contributed by atoms with Gasteiger partial charge in [0.25, 0.3) is 0 Å². The number of hydrogen-bond acceptors (Lipinski definition) is 2. The monoisotopic (exact) mass is 251 g/mol. The zero-order valence-electron chi connectivity index (χ0n) is 11.3. The van der Waals surface area contributed by atoms with E-state index in [2.05, 4.69) is 38.1 Å². The van der Waals surface area contributed by atoms with E-state index in [0.717, 1.165) is 22.6 Å². The Kier molecular flexibility index (Phi) is 3.08. The maximum Gasteiger partial charge on any atom is 0.129 e. The van der Waals surface area contributed by atoms with Gasteiger partial charge in [-0.2, -0.15) is 0 Å². The van der Waals surface area contributed by atoms with Crippen LogP contribution in [0.15, 0.2) is 47.5 Å².